The van der Waals surface area contributed by atoms with Crippen molar-refractivity contribution in [3.63, 3.8) is 0 Å². The van der Waals surface area contributed by atoms with Gasteiger partial charge in [-0.2, -0.15) is 5.10 Å². The van der Waals surface area contributed by atoms with E-state index < -0.39 is 6.17 Å². The van der Waals surface area contributed by atoms with Gasteiger partial charge >= 0.3 is 0 Å². The molecule has 0 aromatic carbocycles. The molecule has 2 aliphatic rings. The van der Waals surface area contributed by atoms with Gasteiger partial charge < -0.3 is 4.90 Å². The molecule has 3 heterocycles. The van der Waals surface area contributed by atoms with Crippen molar-refractivity contribution in [2.75, 3.05) is 18.0 Å². The summed E-state index contributed by atoms with van der Waals surface area (Å²) in [6.45, 7) is 1.20. The van der Waals surface area contributed by atoms with Gasteiger partial charge in [-0.15, -0.1) is 0 Å². The molecule has 18 heavy (non-hydrogen) atoms. The first kappa shape index (κ1) is 10.3. The fraction of sp³-hybridized carbons (Fsp3) is 0.538. The quantitative estimate of drug-likeness (QED) is 0.814. The Morgan fingerprint density at radius 2 is 2.17 bits per heavy atom. The normalized spacial score (nSPS) is 24.1. The molecule has 0 N–H and O–H groups in total. The van der Waals surface area contributed by atoms with Crippen molar-refractivity contribution in [1.82, 2.24) is 14.6 Å². The first-order chi connectivity index (χ1) is 8.81. The molecule has 2 aromatic rings. The zero-order chi connectivity index (χ0) is 12.1. The van der Waals surface area contributed by atoms with Crippen molar-refractivity contribution in [2.24, 2.45) is 0 Å². The smallest absolute Gasteiger partial charge is 0.154 e. The zero-order valence-electron chi connectivity index (χ0n) is 10.1. The maximum atomic E-state index is 13.3. The average molecular weight is 246 g/mol. The number of anilines is 1. The standard InChI is InChI=1S/C13H15FN4/c14-10-3-5-17(8-10)13-12-7-11(9-1-2-9)16-18(12)6-4-15-13/h4,6-7,9-10H,1-3,5,8H2. The largest absolute Gasteiger partial charge is 0.352 e. The predicted molar refractivity (Wildman–Crippen MR) is 66.7 cm³/mol. The van der Waals surface area contributed by atoms with Crippen molar-refractivity contribution in [3.05, 3.63) is 24.2 Å². The van der Waals surface area contributed by atoms with Gasteiger partial charge in [0.15, 0.2) is 5.82 Å². The second kappa shape index (κ2) is 3.67. The highest BCUT2D eigenvalue weighted by Gasteiger charge is 2.28. The van der Waals surface area contributed by atoms with E-state index in [4.69, 9.17) is 0 Å². The van der Waals surface area contributed by atoms with E-state index in [-0.39, 0.29) is 0 Å². The minimum atomic E-state index is -0.724. The Hall–Kier alpha value is -1.65. The van der Waals surface area contributed by atoms with Gasteiger partial charge in [0.25, 0.3) is 0 Å². The van der Waals surface area contributed by atoms with E-state index in [9.17, 15) is 4.39 Å². The van der Waals surface area contributed by atoms with Crippen LogP contribution in [0.15, 0.2) is 18.5 Å². The molecule has 5 heteroatoms. The fourth-order valence-corrected chi connectivity index (χ4v) is 2.66. The van der Waals surface area contributed by atoms with Crippen molar-refractivity contribution in [1.29, 1.82) is 0 Å². The lowest BCUT2D eigenvalue weighted by molar-refractivity contribution is 0.364. The van der Waals surface area contributed by atoms with Crippen LogP contribution in [0.2, 0.25) is 0 Å². The highest BCUT2D eigenvalue weighted by Crippen LogP contribution is 2.40. The Morgan fingerprint density at radius 1 is 1.28 bits per heavy atom. The number of aromatic nitrogens is 3. The van der Waals surface area contributed by atoms with E-state index in [0.29, 0.717) is 18.9 Å². The number of fused-ring (bicyclic) bond motifs is 1. The number of alkyl halides is 1. The minimum Gasteiger partial charge on any atom is -0.352 e. The SMILES string of the molecule is FC1CCN(c2nccn3nc(C4CC4)cc23)C1. The Kier molecular flexibility index (Phi) is 2.10. The van der Waals surface area contributed by atoms with E-state index in [1.807, 2.05) is 15.6 Å². The molecular weight excluding hydrogens is 231 g/mol. The number of rotatable bonds is 2. The van der Waals surface area contributed by atoms with Gasteiger partial charge in [-0.1, -0.05) is 0 Å². The molecule has 1 aliphatic carbocycles. The van der Waals surface area contributed by atoms with E-state index in [1.165, 1.54) is 12.8 Å². The minimum absolute atomic E-state index is 0.455. The maximum absolute atomic E-state index is 13.3. The molecule has 0 radical (unpaired) electrons. The van der Waals surface area contributed by atoms with Crippen molar-refractivity contribution in [2.45, 2.75) is 31.4 Å². The molecular formula is C13H15FN4. The van der Waals surface area contributed by atoms with Crippen molar-refractivity contribution >= 4 is 11.3 Å². The van der Waals surface area contributed by atoms with Crippen LogP contribution in [0.4, 0.5) is 10.2 Å². The molecule has 1 unspecified atom stereocenters. The third-order valence-electron chi connectivity index (χ3n) is 3.81. The summed E-state index contributed by atoms with van der Waals surface area (Å²) >= 11 is 0. The number of nitrogens with zero attached hydrogens (tertiary/aromatic N) is 4. The summed E-state index contributed by atoms with van der Waals surface area (Å²) in [5.41, 5.74) is 2.16. The van der Waals surface area contributed by atoms with Gasteiger partial charge in [-0.3, -0.25) is 0 Å². The molecule has 1 saturated carbocycles. The molecule has 0 amide bonds. The summed E-state index contributed by atoms with van der Waals surface area (Å²) in [5, 5.41) is 4.58. The van der Waals surface area contributed by atoms with Crippen LogP contribution in [0.5, 0.6) is 0 Å². The van der Waals surface area contributed by atoms with Crippen LogP contribution >= 0.6 is 0 Å². The van der Waals surface area contributed by atoms with Crippen LogP contribution in [-0.4, -0.2) is 33.9 Å². The molecule has 1 saturated heterocycles. The predicted octanol–water partition coefficient (Wildman–Crippen LogP) is 2.15. The molecule has 0 bridgehead atoms. The highest BCUT2D eigenvalue weighted by atomic mass is 19.1. The number of hydrogen-bond acceptors (Lipinski definition) is 3. The summed E-state index contributed by atoms with van der Waals surface area (Å²) in [6, 6.07) is 2.12. The van der Waals surface area contributed by atoms with E-state index >= 15 is 0 Å². The van der Waals surface area contributed by atoms with E-state index in [0.717, 1.165) is 23.6 Å². The molecule has 1 aliphatic heterocycles. The summed E-state index contributed by atoms with van der Waals surface area (Å²) in [6.07, 6.45) is 5.97. The Balaban J connectivity index is 1.79. The van der Waals surface area contributed by atoms with E-state index in [1.54, 1.807) is 6.20 Å². The van der Waals surface area contributed by atoms with Gasteiger partial charge in [0.2, 0.25) is 0 Å². The average Bonchev–Trinajstić information content (AvgIpc) is 2.99. The topological polar surface area (TPSA) is 33.4 Å². The van der Waals surface area contributed by atoms with Crippen LogP contribution in [0.25, 0.3) is 5.52 Å². The second-order valence-corrected chi connectivity index (χ2v) is 5.26. The lowest BCUT2D eigenvalue weighted by atomic mass is 10.3. The highest BCUT2D eigenvalue weighted by molar-refractivity contribution is 5.69. The molecule has 4 rings (SSSR count). The Bertz CT molecular complexity index is 590. The number of hydrogen-bond donors (Lipinski definition) is 0. The lowest BCUT2D eigenvalue weighted by Gasteiger charge is -2.16. The monoisotopic (exact) mass is 246 g/mol. The van der Waals surface area contributed by atoms with Crippen LogP contribution in [0, 0.1) is 0 Å². The maximum Gasteiger partial charge on any atom is 0.154 e. The lowest BCUT2D eigenvalue weighted by Crippen LogP contribution is -2.21. The Morgan fingerprint density at radius 3 is 2.89 bits per heavy atom. The zero-order valence-corrected chi connectivity index (χ0v) is 10.1. The second-order valence-electron chi connectivity index (χ2n) is 5.26. The van der Waals surface area contributed by atoms with Gasteiger partial charge in [-0.25, -0.2) is 13.9 Å². The van der Waals surface area contributed by atoms with Crippen LogP contribution in [0.3, 0.4) is 0 Å². The summed E-state index contributed by atoms with van der Waals surface area (Å²) in [5.74, 6) is 1.50. The summed E-state index contributed by atoms with van der Waals surface area (Å²) in [7, 11) is 0. The molecule has 94 valence electrons. The van der Waals surface area contributed by atoms with Crippen molar-refractivity contribution < 1.29 is 4.39 Å². The van der Waals surface area contributed by atoms with Gasteiger partial charge in [0.05, 0.1) is 12.2 Å². The summed E-state index contributed by atoms with van der Waals surface area (Å²) in [4.78, 5) is 6.44. The third-order valence-corrected chi connectivity index (χ3v) is 3.81. The third kappa shape index (κ3) is 1.57. The first-order valence-corrected chi connectivity index (χ1v) is 6.54. The molecule has 1 atom stereocenters. The van der Waals surface area contributed by atoms with Crippen LogP contribution < -0.4 is 4.90 Å². The van der Waals surface area contributed by atoms with Crippen LogP contribution in [0.1, 0.15) is 30.9 Å². The van der Waals surface area contributed by atoms with Gasteiger partial charge in [-0.05, 0) is 25.3 Å². The fourth-order valence-electron chi connectivity index (χ4n) is 2.66. The molecule has 0 spiro atoms. The molecule has 2 fully saturated rings. The molecule has 4 nitrogen and oxygen atoms in total. The number of halogens is 1. The van der Waals surface area contributed by atoms with Crippen LogP contribution in [-0.2, 0) is 0 Å². The van der Waals surface area contributed by atoms with Crippen molar-refractivity contribution in [3.8, 4) is 0 Å². The van der Waals surface area contributed by atoms with E-state index in [2.05, 4.69) is 16.1 Å². The first-order valence-electron chi connectivity index (χ1n) is 6.54. The Labute approximate surface area is 104 Å². The molecule has 2 aromatic heterocycles. The summed E-state index contributed by atoms with van der Waals surface area (Å²) < 4.78 is 15.2. The van der Waals surface area contributed by atoms with Gasteiger partial charge in [0.1, 0.15) is 11.7 Å². The van der Waals surface area contributed by atoms with Gasteiger partial charge in [0, 0.05) is 24.9 Å².